The summed E-state index contributed by atoms with van der Waals surface area (Å²) in [6.07, 6.45) is -16.5. The number of aliphatic hydroxyl groups is 6. The standard InChI is InChI=1S/C30H36O18S.Na.H/c1-3-6-49(41,42)48-17-9-13(31)8-16-19(17)22(36)28(27(45-16)12-4-5-14(32)15(33)7-12)47-30-26(40)24(38)21(35)18(46-30)10-43-29-25(39)23(37)20(34)11(2)44-29;;/h4-5,7-9,11,18,20-21,23-26,29-35,37-40H,3,6,10H2,1-2H3;;/q;+1;-1/t11-,18+,20-,21+,23+,24-,25+,26+,29+,30-;;/m0../s1. The summed E-state index contributed by atoms with van der Waals surface area (Å²) >= 11 is 0. The molecule has 2 aromatic carbocycles. The zero-order valence-electron chi connectivity index (χ0n) is 27.9. The Bertz CT molecular complexity index is 1840. The summed E-state index contributed by atoms with van der Waals surface area (Å²) in [7, 11) is -4.27. The number of rotatable bonds is 10. The van der Waals surface area contributed by atoms with Crippen molar-refractivity contribution in [2.24, 2.45) is 0 Å². The fraction of sp³-hybridized carbons (Fsp3) is 0.500. The smallest absolute Gasteiger partial charge is 1.00 e. The molecule has 2 saturated heterocycles. The van der Waals surface area contributed by atoms with Crippen LogP contribution in [0.4, 0.5) is 0 Å². The van der Waals surface area contributed by atoms with E-state index in [1.165, 1.54) is 13.0 Å². The second-order valence-corrected chi connectivity index (χ2v) is 13.3. The largest absolute Gasteiger partial charge is 1.00 e. The van der Waals surface area contributed by atoms with Crippen LogP contribution in [0.5, 0.6) is 28.7 Å². The van der Waals surface area contributed by atoms with Gasteiger partial charge >= 0.3 is 39.7 Å². The van der Waals surface area contributed by atoms with E-state index in [-0.39, 0.29) is 43.0 Å². The van der Waals surface area contributed by atoms with Crippen LogP contribution in [-0.2, 0) is 24.3 Å². The first-order chi connectivity index (χ1) is 23.0. The third kappa shape index (κ3) is 8.15. The topological polar surface area (TPSA) is 293 Å². The van der Waals surface area contributed by atoms with E-state index in [2.05, 4.69) is 0 Å². The van der Waals surface area contributed by atoms with Gasteiger partial charge in [-0.3, -0.25) is 4.79 Å². The minimum atomic E-state index is -4.27. The van der Waals surface area contributed by atoms with Gasteiger partial charge in [-0.25, -0.2) is 0 Å². The molecule has 272 valence electrons. The van der Waals surface area contributed by atoms with E-state index in [1.54, 1.807) is 6.92 Å². The first-order valence-corrected chi connectivity index (χ1v) is 16.6. The number of hydrogen-bond donors (Lipinski definition) is 9. The van der Waals surface area contributed by atoms with E-state index in [0.29, 0.717) is 0 Å². The molecular weight excluding hydrogens is 703 g/mol. The van der Waals surface area contributed by atoms with Gasteiger partial charge in [0, 0.05) is 17.7 Å². The second-order valence-electron chi connectivity index (χ2n) is 11.6. The number of fused-ring (bicyclic) bond motifs is 1. The molecule has 0 aliphatic carbocycles. The summed E-state index contributed by atoms with van der Waals surface area (Å²) < 4.78 is 58.3. The van der Waals surface area contributed by atoms with E-state index >= 15 is 0 Å². The predicted octanol–water partition coefficient (Wildman–Crippen LogP) is -4.16. The molecule has 0 amide bonds. The monoisotopic (exact) mass is 740 g/mol. The first-order valence-electron chi connectivity index (χ1n) is 15.0. The summed E-state index contributed by atoms with van der Waals surface area (Å²) in [5.41, 5.74) is -1.63. The van der Waals surface area contributed by atoms with Crippen LogP contribution >= 0.6 is 0 Å². The number of hydrogen-bond acceptors (Lipinski definition) is 18. The third-order valence-corrected chi connectivity index (χ3v) is 9.29. The molecule has 0 saturated carbocycles. The normalized spacial score (nSPS) is 30.1. The van der Waals surface area contributed by atoms with E-state index in [1.807, 2.05) is 0 Å². The summed E-state index contributed by atoms with van der Waals surface area (Å²) in [4.78, 5) is 14.1. The van der Waals surface area contributed by atoms with Gasteiger partial charge in [0.15, 0.2) is 29.3 Å². The molecule has 10 atom stereocenters. The number of aliphatic hydroxyl groups excluding tert-OH is 6. The van der Waals surface area contributed by atoms with E-state index in [4.69, 9.17) is 27.5 Å². The maximum atomic E-state index is 14.1. The van der Waals surface area contributed by atoms with Crippen molar-refractivity contribution in [2.45, 2.75) is 81.7 Å². The van der Waals surface area contributed by atoms with Crippen LogP contribution in [0.2, 0.25) is 0 Å². The Hall–Kier alpha value is -2.76. The summed E-state index contributed by atoms with van der Waals surface area (Å²) in [5.74, 6) is -4.10. The van der Waals surface area contributed by atoms with Crippen molar-refractivity contribution in [3.63, 3.8) is 0 Å². The van der Waals surface area contributed by atoms with Gasteiger partial charge in [-0.15, -0.1) is 0 Å². The van der Waals surface area contributed by atoms with Gasteiger partial charge in [0.2, 0.25) is 17.5 Å². The molecule has 1 aromatic heterocycles. The number of benzene rings is 2. The van der Waals surface area contributed by atoms with Crippen molar-refractivity contribution in [1.82, 2.24) is 0 Å². The Morgan fingerprint density at radius 2 is 1.50 bits per heavy atom. The molecule has 5 rings (SSSR count). The van der Waals surface area contributed by atoms with Gasteiger partial charge in [0.25, 0.3) is 0 Å². The van der Waals surface area contributed by atoms with Crippen molar-refractivity contribution in [3.05, 3.63) is 40.6 Å². The van der Waals surface area contributed by atoms with Crippen molar-refractivity contribution in [2.75, 3.05) is 12.4 Å². The Balaban J connectivity index is 0.00000351. The van der Waals surface area contributed by atoms with Crippen molar-refractivity contribution in [3.8, 4) is 40.1 Å². The van der Waals surface area contributed by atoms with Crippen molar-refractivity contribution < 1.29 is 113 Å². The number of aromatic hydroxyl groups is 3. The molecule has 2 fully saturated rings. The SMILES string of the molecule is CCCS(=O)(=O)Oc1cc(O)cc2oc(-c3ccc(O)c(O)c3)c(O[C@@H]3O[C@H](CO[C@@H]4O[C@@H](C)[C@H](O)[C@@H](O)[C@H]4O)[C@@H](O)[C@H](O)[C@H]3O)c(=O)c12.[H-].[Na+]. The van der Waals surface area contributed by atoms with Crippen LogP contribution in [0, 0.1) is 0 Å². The van der Waals surface area contributed by atoms with Gasteiger partial charge in [-0.05, 0) is 31.5 Å². The molecule has 3 aromatic rings. The molecule has 50 heavy (non-hydrogen) atoms. The van der Waals surface area contributed by atoms with Crippen LogP contribution < -0.4 is 43.9 Å². The molecular formula is C30H37NaO18S. The first kappa shape index (κ1) is 40.0. The van der Waals surface area contributed by atoms with Crippen LogP contribution in [0.3, 0.4) is 0 Å². The molecule has 3 heterocycles. The summed E-state index contributed by atoms with van der Waals surface area (Å²) in [5, 5.41) is 92.2. The van der Waals surface area contributed by atoms with Crippen LogP contribution in [0.1, 0.15) is 21.7 Å². The second kappa shape index (κ2) is 15.9. The van der Waals surface area contributed by atoms with Crippen molar-refractivity contribution in [1.29, 1.82) is 0 Å². The molecule has 18 nitrogen and oxygen atoms in total. The molecule has 0 bridgehead atoms. The van der Waals surface area contributed by atoms with Crippen LogP contribution in [-0.4, -0.2) is 128 Å². The fourth-order valence-corrected chi connectivity index (χ4v) is 6.31. The molecule has 0 radical (unpaired) electrons. The molecule has 2 aliphatic heterocycles. The minimum absolute atomic E-state index is 0. The van der Waals surface area contributed by atoms with Crippen LogP contribution in [0.15, 0.2) is 39.5 Å². The fourth-order valence-electron chi connectivity index (χ4n) is 5.32. The third-order valence-electron chi connectivity index (χ3n) is 7.95. The maximum absolute atomic E-state index is 14.1. The quantitative estimate of drug-likeness (QED) is 0.0541. The Morgan fingerprint density at radius 1 is 0.840 bits per heavy atom. The van der Waals surface area contributed by atoms with E-state index in [9.17, 15) is 59.2 Å². The van der Waals surface area contributed by atoms with Gasteiger partial charge < -0.3 is 74.9 Å². The van der Waals surface area contributed by atoms with E-state index < -0.39 is 135 Å². The minimum Gasteiger partial charge on any atom is -1.00 e. The maximum Gasteiger partial charge on any atom is 1.00 e. The Labute approximate surface area is 307 Å². The Kier molecular flexibility index (Phi) is 12.7. The molecule has 2 aliphatic rings. The predicted molar refractivity (Wildman–Crippen MR) is 164 cm³/mol. The van der Waals surface area contributed by atoms with Crippen LogP contribution in [0.25, 0.3) is 22.3 Å². The molecule has 0 spiro atoms. The van der Waals surface area contributed by atoms with Gasteiger partial charge in [-0.1, -0.05) is 6.92 Å². The van der Waals surface area contributed by atoms with Gasteiger partial charge in [0.1, 0.15) is 59.4 Å². The number of phenols is 3. The molecule has 9 N–H and O–H groups in total. The average molecular weight is 741 g/mol. The molecule has 20 heteroatoms. The van der Waals surface area contributed by atoms with Gasteiger partial charge in [-0.2, -0.15) is 8.42 Å². The molecule has 0 unspecified atom stereocenters. The van der Waals surface area contributed by atoms with Crippen molar-refractivity contribution >= 4 is 21.1 Å². The van der Waals surface area contributed by atoms with Gasteiger partial charge in [0.05, 0.1) is 18.5 Å². The average Bonchev–Trinajstić information content (AvgIpc) is 3.03. The number of ether oxygens (including phenoxy) is 4. The summed E-state index contributed by atoms with van der Waals surface area (Å²) in [6.45, 7) is 2.32. The van der Waals surface area contributed by atoms with E-state index in [0.717, 1.165) is 24.3 Å². The zero-order valence-corrected chi connectivity index (χ0v) is 29.7. The number of phenolic OH excluding ortho intramolecular Hbond substituents is 3. The Morgan fingerprint density at radius 3 is 2.16 bits per heavy atom. The summed E-state index contributed by atoms with van der Waals surface area (Å²) in [6, 6.07) is 5.05. The zero-order chi connectivity index (χ0) is 35.9.